The van der Waals surface area contributed by atoms with Crippen molar-refractivity contribution in [1.29, 1.82) is 0 Å². The molecule has 30 heavy (non-hydrogen) atoms. The van der Waals surface area contributed by atoms with Gasteiger partial charge in [0.1, 0.15) is 13.2 Å². The van der Waals surface area contributed by atoms with Crippen molar-refractivity contribution in [2.24, 2.45) is 10.8 Å². The summed E-state index contributed by atoms with van der Waals surface area (Å²) >= 11 is 0. The molecule has 0 saturated carbocycles. The Balaban J connectivity index is 2.03. The van der Waals surface area contributed by atoms with Crippen molar-refractivity contribution in [1.82, 2.24) is 15.2 Å². The first-order chi connectivity index (χ1) is 14.5. The van der Waals surface area contributed by atoms with Gasteiger partial charge >= 0.3 is 6.03 Å². The Hall–Kier alpha value is -2.40. The number of ether oxygens (including phenoxy) is 4. The Labute approximate surface area is 177 Å². The van der Waals surface area contributed by atoms with Crippen LogP contribution in [-0.4, -0.2) is 102 Å². The molecule has 0 saturated heterocycles. The number of fused-ring (bicyclic) bond motifs is 1. The van der Waals surface area contributed by atoms with Crippen LogP contribution >= 0.6 is 0 Å². The maximum absolute atomic E-state index is 10.8. The lowest BCUT2D eigenvalue weighted by Gasteiger charge is -2.20. The van der Waals surface area contributed by atoms with Crippen molar-refractivity contribution < 1.29 is 23.7 Å². The summed E-state index contributed by atoms with van der Waals surface area (Å²) in [7, 11) is 4.05. The predicted molar refractivity (Wildman–Crippen MR) is 114 cm³/mol. The third-order valence-corrected chi connectivity index (χ3v) is 4.42. The fourth-order valence-electron chi connectivity index (χ4n) is 2.62. The van der Waals surface area contributed by atoms with Crippen LogP contribution in [0.3, 0.4) is 0 Å². The molecule has 10 heteroatoms. The zero-order valence-electron chi connectivity index (χ0n) is 17.8. The number of rotatable bonds is 2. The van der Waals surface area contributed by atoms with Gasteiger partial charge in [-0.2, -0.15) is 5.10 Å². The second-order valence-corrected chi connectivity index (χ2v) is 6.97. The zero-order valence-corrected chi connectivity index (χ0v) is 17.8. The Bertz CT molecular complexity index is 673. The number of benzene rings is 1. The summed E-state index contributed by atoms with van der Waals surface area (Å²) in [5, 5.41) is 3.79. The summed E-state index contributed by atoms with van der Waals surface area (Å²) in [4.78, 5) is 15.1. The van der Waals surface area contributed by atoms with Gasteiger partial charge in [-0.05, 0) is 37.9 Å². The highest BCUT2D eigenvalue weighted by molar-refractivity contribution is 5.82. The van der Waals surface area contributed by atoms with Gasteiger partial charge in [0.2, 0.25) is 0 Å². The number of primary amides is 1. The quantitative estimate of drug-likeness (QED) is 0.522. The highest BCUT2D eigenvalue weighted by Gasteiger charge is 2.09. The minimum atomic E-state index is -0.719. The van der Waals surface area contributed by atoms with Crippen molar-refractivity contribution in [3.05, 3.63) is 23.8 Å². The number of amides is 2. The molecule has 0 atom stereocenters. The Morgan fingerprint density at radius 3 is 2.10 bits per heavy atom. The van der Waals surface area contributed by atoms with Gasteiger partial charge in [0.05, 0.1) is 32.6 Å². The number of hydrazone groups is 1. The number of nitrogens with zero attached hydrogens (tertiary/aromatic N) is 3. The third-order valence-electron chi connectivity index (χ3n) is 4.42. The van der Waals surface area contributed by atoms with E-state index in [1.807, 2.05) is 32.3 Å². The molecule has 1 aliphatic heterocycles. The van der Waals surface area contributed by atoms with Gasteiger partial charge in [-0.15, -0.1) is 0 Å². The second kappa shape index (κ2) is 13.8. The van der Waals surface area contributed by atoms with Crippen molar-refractivity contribution in [2.45, 2.75) is 0 Å². The summed E-state index contributed by atoms with van der Waals surface area (Å²) in [5.74, 6) is 1.28. The summed E-state index contributed by atoms with van der Waals surface area (Å²) in [5.41, 5.74) is 7.95. The normalized spacial score (nSPS) is 19.1. The minimum Gasteiger partial charge on any atom is -0.488 e. The Morgan fingerprint density at radius 2 is 1.50 bits per heavy atom. The number of nitrogens with two attached hydrogens (primary N) is 1. The number of hydrogen-bond donors (Lipinski definition) is 2. The Kier molecular flexibility index (Phi) is 10.9. The number of carbonyl (C=O) groups is 1. The standard InChI is InChI=1S/C20H33N5O5/c1-24-5-9-27-13-14-28-10-6-25(2)8-12-30-19-15-17(16-22-23-20(21)26)3-4-18(19)29-11-7-24/h3-4,15-16H,5-14H2,1-2H3,(H3,21,23,26)/b22-16+. The molecule has 1 aromatic carbocycles. The molecule has 1 heterocycles. The molecule has 3 N–H and O–H groups in total. The molecule has 0 aromatic heterocycles. The molecule has 0 spiro atoms. The van der Waals surface area contributed by atoms with Crippen LogP contribution in [0.2, 0.25) is 0 Å². The molecule has 0 fully saturated rings. The lowest BCUT2D eigenvalue weighted by atomic mass is 10.2. The van der Waals surface area contributed by atoms with Crippen molar-refractivity contribution >= 4 is 12.2 Å². The SMILES string of the molecule is CN1CCOCCOCCN(C)CCOc2cc(/C=N/NC(N)=O)ccc2OCC1. The summed E-state index contributed by atoms with van der Waals surface area (Å²) < 4.78 is 23.1. The van der Waals surface area contributed by atoms with Crippen LogP contribution in [0.15, 0.2) is 23.3 Å². The topological polar surface area (TPSA) is 111 Å². The van der Waals surface area contributed by atoms with Gasteiger partial charge < -0.3 is 34.5 Å². The van der Waals surface area contributed by atoms with Gasteiger partial charge in [0, 0.05) is 26.2 Å². The molecule has 0 radical (unpaired) electrons. The highest BCUT2D eigenvalue weighted by Crippen LogP contribution is 2.28. The van der Waals surface area contributed by atoms with Crippen LogP contribution in [-0.2, 0) is 9.47 Å². The number of likely N-dealkylation sites (N-methyl/N-ethyl adjacent to an activating group) is 2. The molecule has 1 aromatic rings. The van der Waals surface area contributed by atoms with Crippen LogP contribution < -0.4 is 20.6 Å². The van der Waals surface area contributed by atoms with Crippen molar-refractivity contribution in [2.75, 3.05) is 79.9 Å². The monoisotopic (exact) mass is 423 g/mol. The zero-order chi connectivity index (χ0) is 21.6. The first-order valence-corrected chi connectivity index (χ1v) is 10.1. The van der Waals surface area contributed by atoms with Crippen LogP contribution in [0, 0.1) is 0 Å². The molecule has 2 amide bonds. The molecular formula is C20H33N5O5. The largest absolute Gasteiger partial charge is 0.488 e. The molecule has 2 rings (SSSR count). The summed E-state index contributed by atoms with van der Waals surface area (Å²) in [6, 6.07) is 4.77. The first-order valence-electron chi connectivity index (χ1n) is 10.1. The number of urea groups is 1. The molecule has 168 valence electrons. The van der Waals surface area contributed by atoms with E-state index < -0.39 is 6.03 Å². The molecule has 0 bridgehead atoms. The van der Waals surface area contributed by atoms with Crippen LogP contribution in [0.1, 0.15) is 5.56 Å². The van der Waals surface area contributed by atoms with E-state index in [4.69, 9.17) is 24.7 Å². The van der Waals surface area contributed by atoms with Gasteiger partial charge in [-0.1, -0.05) is 0 Å². The van der Waals surface area contributed by atoms with Crippen molar-refractivity contribution in [3.8, 4) is 11.5 Å². The van der Waals surface area contributed by atoms with Crippen molar-refractivity contribution in [3.63, 3.8) is 0 Å². The van der Waals surface area contributed by atoms with E-state index >= 15 is 0 Å². The number of hydrogen-bond acceptors (Lipinski definition) is 8. The van der Waals surface area contributed by atoms with Crippen LogP contribution in [0.25, 0.3) is 0 Å². The fourth-order valence-corrected chi connectivity index (χ4v) is 2.62. The molecule has 10 nitrogen and oxygen atoms in total. The van der Waals surface area contributed by atoms with Crippen LogP contribution in [0.4, 0.5) is 4.79 Å². The lowest BCUT2D eigenvalue weighted by molar-refractivity contribution is 0.0330. The van der Waals surface area contributed by atoms with E-state index in [0.29, 0.717) is 51.1 Å². The lowest BCUT2D eigenvalue weighted by Crippen LogP contribution is -2.29. The summed E-state index contributed by atoms with van der Waals surface area (Å²) in [6.45, 7) is 6.64. The van der Waals surface area contributed by atoms with E-state index in [1.165, 1.54) is 6.21 Å². The first kappa shape index (κ1) is 23.9. The maximum atomic E-state index is 10.8. The molecular weight excluding hydrogens is 390 g/mol. The summed E-state index contributed by atoms with van der Waals surface area (Å²) in [6.07, 6.45) is 1.50. The number of carbonyl (C=O) groups excluding carboxylic acids is 1. The van der Waals surface area contributed by atoms with Gasteiger partial charge in [0.25, 0.3) is 0 Å². The van der Waals surface area contributed by atoms with E-state index in [9.17, 15) is 4.79 Å². The smallest absolute Gasteiger partial charge is 0.332 e. The second-order valence-electron chi connectivity index (χ2n) is 6.97. The van der Waals surface area contributed by atoms with E-state index in [2.05, 4.69) is 20.3 Å². The predicted octanol–water partition coefficient (Wildman–Crippen LogP) is 0.357. The Morgan fingerprint density at radius 1 is 0.933 bits per heavy atom. The van der Waals surface area contributed by atoms with Gasteiger partial charge in [0.15, 0.2) is 11.5 Å². The molecule has 1 aliphatic rings. The van der Waals surface area contributed by atoms with E-state index in [0.717, 1.165) is 31.7 Å². The molecule has 0 unspecified atom stereocenters. The van der Waals surface area contributed by atoms with Crippen LogP contribution in [0.5, 0.6) is 11.5 Å². The van der Waals surface area contributed by atoms with E-state index in [-0.39, 0.29) is 0 Å². The fraction of sp³-hybridized carbons (Fsp3) is 0.600. The average Bonchev–Trinajstić information content (AvgIpc) is 2.70. The minimum absolute atomic E-state index is 0.496. The average molecular weight is 424 g/mol. The van der Waals surface area contributed by atoms with Gasteiger partial charge in [-0.3, -0.25) is 0 Å². The van der Waals surface area contributed by atoms with Gasteiger partial charge in [-0.25, -0.2) is 10.2 Å². The van der Waals surface area contributed by atoms with E-state index in [1.54, 1.807) is 0 Å². The third kappa shape index (κ3) is 9.88. The highest BCUT2D eigenvalue weighted by atomic mass is 16.5. The molecule has 0 aliphatic carbocycles. The number of nitrogens with one attached hydrogen (secondary N) is 1. The maximum Gasteiger partial charge on any atom is 0.332 e.